The molecular weight excluding hydrogens is 302 g/mol. The van der Waals surface area contributed by atoms with Crippen molar-refractivity contribution in [1.29, 1.82) is 0 Å². The molecule has 22 heavy (non-hydrogen) atoms. The molecule has 0 spiro atoms. The normalized spacial score (nSPS) is 14.9. The Morgan fingerprint density at radius 1 is 1.32 bits per heavy atom. The van der Waals surface area contributed by atoms with E-state index in [0.717, 1.165) is 35.8 Å². The minimum atomic E-state index is 0.229. The van der Waals surface area contributed by atoms with Gasteiger partial charge in [-0.3, -0.25) is 0 Å². The Bertz CT molecular complexity index is 646. The summed E-state index contributed by atoms with van der Waals surface area (Å²) in [5.74, 6) is 0.726. The van der Waals surface area contributed by atoms with Crippen LogP contribution >= 0.6 is 11.6 Å². The van der Waals surface area contributed by atoms with Crippen LogP contribution in [0.1, 0.15) is 5.56 Å². The van der Waals surface area contributed by atoms with Gasteiger partial charge in [-0.15, -0.1) is 0 Å². The highest BCUT2D eigenvalue weighted by Crippen LogP contribution is 2.25. The molecule has 3 N–H and O–H groups in total. The summed E-state index contributed by atoms with van der Waals surface area (Å²) in [5.41, 5.74) is 8.57. The summed E-state index contributed by atoms with van der Waals surface area (Å²) in [6.07, 6.45) is 1.75. The number of hydrogen-bond donors (Lipinski definition) is 2. The molecule has 0 saturated carbocycles. The molecule has 2 heterocycles. The number of anilines is 3. The maximum Gasteiger partial charge on any atom is 0.224 e. The molecule has 1 aliphatic rings. The Hall–Kier alpha value is -2.05. The lowest BCUT2D eigenvalue weighted by Gasteiger charge is -2.29. The van der Waals surface area contributed by atoms with E-state index in [1.807, 2.05) is 24.3 Å². The number of nitrogens with two attached hydrogens (primary N) is 1. The Morgan fingerprint density at radius 2 is 2.14 bits per heavy atom. The highest BCUT2D eigenvalue weighted by atomic mass is 35.5. The van der Waals surface area contributed by atoms with Crippen LogP contribution in [0.3, 0.4) is 0 Å². The second-order valence-electron chi connectivity index (χ2n) is 5.07. The molecule has 3 rings (SSSR count). The molecule has 1 aromatic carbocycles. The van der Waals surface area contributed by atoms with Crippen LogP contribution in [0, 0.1) is 0 Å². The lowest BCUT2D eigenvalue weighted by atomic mass is 10.2. The average Bonchev–Trinajstić information content (AvgIpc) is 2.54. The zero-order valence-corrected chi connectivity index (χ0v) is 12.9. The summed E-state index contributed by atoms with van der Waals surface area (Å²) >= 11 is 5.94. The highest BCUT2D eigenvalue weighted by Gasteiger charge is 2.16. The number of aromatic nitrogens is 2. The fraction of sp³-hybridized carbons (Fsp3) is 0.333. The van der Waals surface area contributed by atoms with E-state index < -0.39 is 0 Å². The van der Waals surface area contributed by atoms with Gasteiger partial charge in [-0.1, -0.05) is 12.1 Å². The van der Waals surface area contributed by atoms with Crippen molar-refractivity contribution in [3.8, 4) is 0 Å². The topological polar surface area (TPSA) is 76.3 Å². The third-order valence-electron chi connectivity index (χ3n) is 3.50. The quantitative estimate of drug-likeness (QED) is 0.664. The number of hydrogen-bond acceptors (Lipinski definition) is 6. The van der Waals surface area contributed by atoms with E-state index in [0.29, 0.717) is 19.8 Å². The lowest BCUT2D eigenvalue weighted by molar-refractivity contribution is 0.122. The van der Waals surface area contributed by atoms with E-state index in [4.69, 9.17) is 22.1 Å². The zero-order chi connectivity index (χ0) is 15.4. The number of nitrogen functional groups attached to an aromatic ring is 1. The molecule has 1 aromatic heterocycles. The molecule has 0 amide bonds. The van der Waals surface area contributed by atoms with Crippen molar-refractivity contribution in [2.75, 3.05) is 42.3 Å². The van der Waals surface area contributed by atoms with Gasteiger partial charge in [0.25, 0.3) is 0 Å². The van der Waals surface area contributed by atoms with Crippen LogP contribution in [0.2, 0.25) is 5.28 Å². The SMILES string of the molecule is Nc1cccc(CNc2nc(Cl)ncc2N2CCOCC2)c1. The van der Waals surface area contributed by atoms with Gasteiger partial charge in [0.2, 0.25) is 5.28 Å². The third-order valence-corrected chi connectivity index (χ3v) is 3.68. The highest BCUT2D eigenvalue weighted by molar-refractivity contribution is 6.28. The minimum Gasteiger partial charge on any atom is -0.399 e. The summed E-state index contributed by atoms with van der Waals surface area (Å²) < 4.78 is 5.38. The van der Waals surface area contributed by atoms with Crippen LogP contribution in [0.4, 0.5) is 17.2 Å². The number of benzene rings is 1. The molecule has 0 radical (unpaired) electrons. The third kappa shape index (κ3) is 3.58. The number of morpholine rings is 1. The Labute approximate surface area is 134 Å². The maximum atomic E-state index is 5.94. The summed E-state index contributed by atoms with van der Waals surface area (Å²) in [6.45, 7) is 3.67. The lowest BCUT2D eigenvalue weighted by Crippen LogP contribution is -2.36. The first-order chi connectivity index (χ1) is 10.7. The summed E-state index contributed by atoms with van der Waals surface area (Å²) in [6, 6.07) is 7.75. The first-order valence-electron chi connectivity index (χ1n) is 7.16. The number of nitrogens with one attached hydrogen (secondary N) is 1. The fourth-order valence-corrected chi connectivity index (χ4v) is 2.54. The molecule has 0 unspecified atom stereocenters. The van der Waals surface area contributed by atoms with Crippen LogP contribution < -0.4 is 16.0 Å². The molecule has 2 aromatic rings. The molecule has 1 fully saturated rings. The van der Waals surface area contributed by atoms with Gasteiger partial charge >= 0.3 is 0 Å². The van der Waals surface area contributed by atoms with Crippen molar-refractivity contribution in [2.24, 2.45) is 0 Å². The zero-order valence-electron chi connectivity index (χ0n) is 12.1. The van der Waals surface area contributed by atoms with Crippen molar-refractivity contribution >= 4 is 28.8 Å². The predicted molar refractivity (Wildman–Crippen MR) is 88.3 cm³/mol. The summed E-state index contributed by atoms with van der Waals surface area (Å²) in [4.78, 5) is 10.6. The minimum absolute atomic E-state index is 0.229. The largest absolute Gasteiger partial charge is 0.399 e. The number of ether oxygens (including phenoxy) is 1. The van der Waals surface area contributed by atoms with Gasteiger partial charge in [0.05, 0.1) is 25.1 Å². The molecule has 116 valence electrons. The molecule has 1 saturated heterocycles. The summed E-state index contributed by atoms with van der Waals surface area (Å²) in [5, 5.41) is 3.55. The van der Waals surface area contributed by atoms with Crippen LogP contribution in [0.15, 0.2) is 30.5 Å². The van der Waals surface area contributed by atoms with Gasteiger partial charge in [-0.25, -0.2) is 4.98 Å². The van der Waals surface area contributed by atoms with Crippen molar-refractivity contribution < 1.29 is 4.74 Å². The Morgan fingerprint density at radius 3 is 2.91 bits per heavy atom. The smallest absolute Gasteiger partial charge is 0.224 e. The Kier molecular flexibility index (Phi) is 4.60. The predicted octanol–water partition coefficient (Wildman–Crippen LogP) is 2.16. The van der Waals surface area contributed by atoms with Gasteiger partial charge in [-0.2, -0.15) is 4.98 Å². The van der Waals surface area contributed by atoms with Crippen LogP contribution in [0.5, 0.6) is 0 Å². The van der Waals surface area contributed by atoms with Gasteiger partial charge < -0.3 is 20.7 Å². The standard InChI is InChI=1S/C15H18ClN5O/c16-15-19-10-13(21-4-6-22-7-5-21)14(20-15)18-9-11-2-1-3-12(17)8-11/h1-3,8,10H,4-7,9,17H2,(H,18,19,20). The monoisotopic (exact) mass is 319 g/mol. The number of rotatable bonds is 4. The molecule has 0 aliphatic carbocycles. The molecular formula is C15H18ClN5O. The van der Waals surface area contributed by atoms with E-state index in [-0.39, 0.29) is 5.28 Å². The van der Waals surface area contributed by atoms with Gasteiger partial charge in [-0.05, 0) is 29.3 Å². The van der Waals surface area contributed by atoms with E-state index in [1.165, 1.54) is 0 Å². The average molecular weight is 320 g/mol. The van der Waals surface area contributed by atoms with Gasteiger partial charge in [0.15, 0.2) is 5.82 Å². The molecule has 1 aliphatic heterocycles. The van der Waals surface area contributed by atoms with Crippen LogP contribution in [-0.4, -0.2) is 36.3 Å². The summed E-state index contributed by atoms with van der Waals surface area (Å²) in [7, 11) is 0. The van der Waals surface area contributed by atoms with Gasteiger partial charge in [0.1, 0.15) is 0 Å². The first-order valence-corrected chi connectivity index (χ1v) is 7.54. The van der Waals surface area contributed by atoms with E-state index in [1.54, 1.807) is 6.20 Å². The molecule has 7 heteroatoms. The Balaban J connectivity index is 1.78. The molecule has 0 atom stereocenters. The van der Waals surface area contributed by atoms with E-state index >= 15 is 0 Å². The second kappa shape index (κ2) is 6.81. The van der Waals surface area contributed by atoms with Crippen molar-refractivity contribution in [2.45, 2.75) is 6.54 Å². The van der Waals surface area contributed by atoms with E-state index in [2.05, 4.69) is 20.2 Å². The van der Waals surface area contributed by atoms with Crippen molar-refractivity contribution in [3.05, 3.63) is 41.3 Å². The van der Waals surface area contributed by atoms with Crippen molar-refractivity contribution in [3.63, 3.8) is 0 Å². The first kappa shape index (κ1) is 14.9. The van der Waals surface area contributed by atoms with Gasteiger partial charge in [0, 0.05) is 25.3 Å². The van der Waals surface area contributed by atoms with Crippen LogP contribution in [-0.2, 0) is 11.3 Å². The number of nitrogens with zero attached hydrogens (tertiary/aromatic N) is 3. The number of halogens is 1. The second-order valence-corrected chi connectivity index (χ2v) is 5.41. The van der Waals surface area contributed by atoms with Crippen molar-refractivity contribution in [1.82, 2.24) is 9.97 Å². The fourth-order valence-electron chi connectivity index (χ4n) is 2.41. The molecule has 6 nitrogen and oxygen atoms in total. The van der Waals surface area contributed by atoms with E-state index in [9.17, 15) is 0 Å². The van der Waals surface area contributed by atoms with Crippen LogP contribution in [0.25, 0.3) is 0 Å². The maximum absolute atomic E-state index is 5.94. The molecule has 0 bridgehead atoms.